The van der Waals surface area contributed by atoms with Crippen molar-refractivity contribution in [3.63, 3.8) is 0 Å². The maximum atomic E-state index is 12.0. The number of rotatable bonds is 6. The summed E-state index contributed by atoms with van der Waals surface area (Å²) in [5.74, 6) is 0.902. The van der Waals surface area contributed by atoms with Gasteiger partial charge in [0.1, 0.15) is 11.6 Å². The summed E-state index contributed by atoms with van der Waals surface area (Å²) in [4.78, 5) is 16.0. The third-order valence-electron chi connectivity index (χ3n) is 5.34. The lowest BCUT2D eigenvalue weighted by Crippen LogP contribution is -2.24. The van der Waals surface area contributed by atoms with E-state index in [0.29, 0.717) is 12.3 Å². The summed E-state index contributed by atoms with van der Waals surface area (Å²) in [6, 6.07) is 22.2. The molecule has 6 nitrogen and oxygen atoms in total. The Balaban J connectivity index is 1.65. The molecule has 31 heavy (non-hydrogen) atoms. The van der Waals surface area contributed by atoms with Crippen molar-refractivity contribution in [3.8, 4) is 17.5 Å². The smallest absolute Gasteiger partial charge is 0.287 e. The van der Waals surface area contributed by atoms with E-state index >= 15 is 0 Å². The van der Waals surface area contributed by atoms with Crippen molar-refractivity contribution in [2.45, 2.75) is 25.5 Å². The monoisotopic (exact) mass is 427 g/mol. The number of aliphatic imine (C=N–C) groups is 1. The third-order valence-corrected chi connectivity index (χ3v) is 6.40. The van der Waals surface area contributed by atoms with Gasteiger partial charge in [-0.1, -0.05) is 72.4 Å². The number of carbonyl (C=O) groups is 1. The summed E-state index contributed by atoms with van der Waals surface area (Å²) in [7, 11) is 0. The van der Waals surface area contributed by atoms with Crippen LogP contribution in [0, 0.1) is 17.2 Å². The molecule has 0 saturated carbocycles. The molecule has 0 spiro atoms. The fourth-order valence-corrected chi connectivity index (χ4v) is 4.81. The minimum absolute atomic E-state index is 0.0839. The number of benzene rings is 2. The Morgan fingerprint density at radius 2 is 1.71 bits per heavy atom. The second-order valence-electron chi connectivity index (χ2n) is 7.34. The van der Waals surface area contributed by atoms with Gasteiger partial charge in [-0.05, 0) is 25.0 Å². The molecule has 0 radical (unpaired) electrons. The van der Waals surface area contributed by atoms with Gasteiger partial charge in [-0.25, -0.2) is 4.99 Å². The Kier molecular flexibility index (Phi) is 6.10. The maximum absolute atomic E-state index is 12.0. The van der Waals surface area contributed by atoms with Crippen molar-refractivity contribution in [2.24, 2.45) is 10.9 Å². The van der Waals surface area contributed by atoms with Gasteiger partial charge >= 0.3 is 0 Å². The Bertz CT molecular complexity index is 1210. The molecule has 3 aromatic rings. The Hall–Kier alpha value is -3.50. The number of amides is 1. The average molecular weight is 428 g/mol. The van der Waals surface area contributed by atoms with Crippen molar-refractivity contribution in [3.05, 3.63) is 77.4 Å². The van der Waals surface area contributed by atoms with Gasteiger partial charge in [0.05, 0.1) is 6.54 Å². The van der Waals surface area contributed by atoms with E-state index in [1.807, 2.05) is 68.4 Å². The summed E-state index contributed by atoms with van der Waals surface area (Å²) in [6.07, 6.45) is 0. The summed E-state index contributed by atoms with van der Waals surface area (Å²) in [6.45, 7) is 4.32. The Labute approximate surface area is 185 Å². The van der Waals surface area contributed by atoms with E-state index in [9.17, 15) is 10.1 Å². The predicted molar refractivity (Wildman–Crippen MR) is 122 cm³/mol. The van der Waals surface area contributed by atoms with Crippen LogP contribution >= 0.6 is 11.8 Å². The summed E-state index contributed by atoms with van der Waals surface area (Å²) >= 11 is 1.56. The molecular formula is C24H21N5OS. The van der Waals surface area contributed by atoms with E-state index in [1.165, 1.54) is 0 Å². The molecule has 4 rings (SSSR count). The fraction of sp³-hybridized carbons (Fsp3) is 0.208. The van der Waals surface area contributed by atoms with Crippen LogP contribution in [-0.4, -0.2) is 32.1 Å². The van der Waals surface area contributed by atoms with Crippen molar-refractivity contribution < 1.29 is 4.79 Å². The fourth-order valence-electron chi connectivity index (χ4n) is 3.59. The van der Waals surface area contributed by atoms with Crippen molar-refractivity contribution in [2.75, 3.05) is 5.75 Å². The number of allylic oxidation sites excluding steroid dienone is 1. The van der Waals surface area contributed by atoms with Gasteiger partial charge in [0, 0.05) is 22.9 Å². The zero-order valence-electron chi connectivity index (χ0n) is 17.3. The molecule has 154 valence electrons. The zero-order chi connectivity index (χ0) is 21.8. The molecule has 1 atom stereocenters. The van der Waals surface area contributed by atoms with Crippen molar-refractivity contribution >= 4 is 23.4 Å². The van der Waals surface area contributed by atoms with Gasteiger partial charge in [0.25, 0.3) is 5.91 Å². The van der Waals surface area contributed by atoms with Crippen LogP contribution in [0.2, 0.25) is 0 Å². The van der Waals surface area contributed by atoms with Crippen LogP contribution in [0.25, 0.3) is 11.4 Å². The van der Waals surface area contributed by atoms with Gasteiger partial charge in [-0.2, -0.15) is 5.26 Å². The van der Waals surface area contributed by atoms with Gasteiger partial charge in [-0.3, -0.25) is 9.36 Å². The van der Waals surface area contributed by atoms with Gasteiger partial charge in [0.15, 0.2) is 11.0 Å². The first kappa shape index (κ1) is 20.8. The third kappa shape index (κ3) is 4.35. The quantitative estimate of drug-likeness (QED) is 0.539. The Morgan fingerprint density at radius 3 is 2.39 bits per heavy atom. The molecule has 1 aromatic heterocycles. The van der Waals surface area contributed by atoms with Crippen LogP contribution < -0.4 is 0 Å². The van der Waals surface area contributed by atoms with E-state index in [0.717, 1.165) is 33.4 Å². The molecular weight excluding hydrogens is 406 g/mol. The molecule has 1 amide bonds. The van der Waals surface area contributed by atoms with E-state index in [1.54, 1.807) is 11.8 Å². The highest BCUT2D eigenvalue weighted by molar-refractivity contribution is 7.99. The molecule has 0 bridgehead atoms. The molecule has 1 aliphatic heterocycles. The lowest BCUT2D eigenvalue weighted by molar-refractivity contribution is -0.114. The molecule has 1 aliphatic rings. The van der Waals surface area contributed by atoms with E-state index < -0.39 is 5.91 Å². The van der Waals surface area contributed by atoms with Crippen molar-refractivity contribution in [1.29, 1.82) is 5.26 Å². The van der Waals surface area contributed by atoms with Crippen LogP contribution in [-0.2, 0) is 11.3 Å². The Morgan fingerprint density at radius 1 is 1.03 bits per heavy atom. The molecule has 0 N–H and O–H groups in total. The van der Waals surface area contributed by atoms with Gasteiger partial charge in [-0.15, -0.1) is 10.2 Å². The highest BCUT2D eigenvalue weighted by atomic mass is 32.2. The first-order valence-electron chi connectivity index (χ1n) is 9.94. The average Bonchev–Trinajstić information content (AvgIpc) is 3.17. The summed E-state index contributed by atoms with van der Waals surface area (Å²) < 4.78 is 2.11. The van der Waals surface area contributed by atoms with E-state index in [4.69, 9.17) is 0 Å². The number of nitrogens with zero attached hydrogens (tertiary/aromatic N) is 5. The number of nitriles is 1. The minimum atomic E-state index is -0.447. The van der Waals surface area contributed by atoms with Crippen LogP contribution in [0.1, 0.15) is 19.4 Å². The maximum Gasteiger partial charge on any atom is 0.287 e. The SMILES string of the molecule is CC1=NC(=O)C(C#N)=C(C)C1CSc1nnc(-c2ccccc2)n1Cc1ccccc1. The number of dihydropyridines is 1. The molecule has 2 aromatic carbocycles. The standard InChI is InChI=1S/C24H21N5OS/c1-16-20(13-25)23(30)26-17(2)21(16)15-31-24-28-27-22(19-11-7-4-8-12-19)29(24)14-18-9-5-3-6-10-18/h3-12,21H,14-15H2,1-2H3. The number of hydrogen-bond donors (Lipinski definition) is 0. The first-order valence-corrected chi connectivity index (χ1v) is 10.9. The molecule has 7 heteroatoms. The lowest BCUT2D eigenvalue weighted by Gasteiger charge is -2.21. The van der Waals surface area contributed by atoms with Crippen LogP contribution in [0.3, 0.4) is 0 Å². The predicted octanol–water partition coefficient (Wildman–Crippen LogP) is 4.54. The molecule has 0 saturated heterocycles. The van der Waals surface area contributed by atoms with Crippen LogP contribution in [0.5, 0.6) is 0 Å². The number of carbonyl (C=O) groups excluding carboxylic acids is 1. The molecule has 2 heterocycles. The molecule has 0 fully saturated rings. The minimum Gasteiger partial charge on any atom is -0.298 e. The molecule has 1 unspecified atom stereocenters. The van der Waals surface area contributed by atoms with E-state index in [-0.39, 0.29) is 11.5 Å². The van der Waals surface area contributed by atoms with Crippen molar-refractivity contribution in [1.82, 2.24) is 14.8 Å². The lowest BCUT2D eigenvalue weighted by atomic mass is 9.91. The van der Waals surface area contributed by atoms with Gasteiger partial charge in [0.2, 0.25) is 0 Å². The second-order valence-corrected chi connectivity index (χ2v) is 8.32. The van der Waals surface area contributed by atoms with Crippen LogP contribution in [0.15, 0.2) is 82.0 Å². The number of aromatic nitrogens is 3. The molecule has 0 aliphatic carbocycles. The second kappa shape index (κ2) is 9.11. The highest BCUT2D eigenvalue weighted by Crippen LogP contribution is 2.31. The van der Waals surface area contributed by atoms with E-state index in [2.05, 4.69) is 31.9 Å². The topological polar surface area (TPSA) is 83.9 Å². The summed E-state index contributed by atoms with van der Waals surface area (Å²) in [5, 5.41) is 19.1. The first-order chi connectivity index (χ1) is 15.1. The normalized spacial score (nSPS) is 16.2. The number of hydrogen-bond acceptors (Lipinski definition) is 5. The largest absolute Gasteiger partial charge is 0.298 e. The van der Waals surface area contributed by atoms with Gasteiger partial charge < -0.3 is 0 Å². The number of thioether (sulfide) groups is 1. The zero-order valence-corrected chi connectivity index (χ0v) is 18.1. The summed E-state index contributed by atoms with van der Waals surface area (Å²) in [5.41, 5.74) is 3.80. The van der Waals surface area contributed by atoms with Crippen LogP contribution in [0.4, 0.5) is 0 Å². The highest BCUT2D eigenvalue weighted by Gasteiger charge is 2.28.